The number of hydrogen-bond donors (Lipinski definition) is 2. The van der Waals surface area contributed by atoms with Crippen LogP contribution in [0.5, 0.6) is 5.75 Å². The summed E-state index contributed by atoms with van der Waals surface area (Å²) in [4.78, 5) is 0. The molecule has 0 aliphatic carbocycles. The molecule has 1 aliphatic heterocycles. The van der Waals surface area contributed by atoms with E-state index in [1.165, 1.54) is 5.56 Å². The van der Waals surface area contributed by atoms with Crippen molar-refractivity contribution in [3.63, 3.8) is 0 Å². The number of aryl methyl sites for hydroxylation is 1. The van der Waals surface area contributed by atoms with Crippen LogP contribution in [0.3, 0.4) is 0 Å². The molecular formula is C14H21NO2. The summed E-state index contributed by atoms with van der Waals surface area (Å²) < 4.78 is 5.42. The third-order valence-corrected chi connectivity index (χ3v) is 3.43. The third-order valence-electron chi connectivity index (χ3n) is 3.43. The largest absolute Gasteiger partial charge is 0.508 e. The van der Waals surface area contributed by atoms with E-state index < -0.39 is 0 Å². The molecule has 2 rings (SSSR count). The molecule has 1 saturated heterocycles. The lowest BCUT2D eigenvalue weighted by Gasteiger charge is -2.29. The van der Waals surface area contributed by atoms with E-state index in [4.69, 9.17) is 4.74 Å². The zero-order valence-electron chi connectivity index (χ0n) is 10.6. The summed E-state index contributed by atoms with van der Waals surface area (Å²) in [5, 5.41) is 13.3. The van der Waals surface area contributed by atoms with Crippen LogP contribution in [-0.2, 0) is 11.3 Å². The minimum atomic E-state index is 0.378. The number of benzene rings is 1. The fraction of sp³-hybridized carbons (Fsp3) is 0.571. The highest BCUT2D eigenvalue weighted by atomic mass is 16.5. The van der Waals surface area contributed by atoms with Crippen molar-refractivity contribution in [2.45, 2.75) is 32.9 Å². The summed E-state index contributed by atoms with van der Waals surface area (Å²) >= 11 is 0. The van der Waals surface area contributed by atoms with Gasteiger partial charge in [0.15, 0.2) is 0 Å². The van der Waals surface area contributed by atoms with Crippen LogP contribution < -0.4 is 5.32 Å². The number of ether oxygens (including phenoxy) is 1. The molecular weight excluding hydrogens is 214 g/mol. The summed E-state index contributed by atoms with van der Waals surface area (Å²) in [5.74, 6) is 0.915. The zero-order valence-corrected chi connectivity index (χ0v) is 10.6. The number of phenols is 1. The second kappa shape index (κ2) is 5.52. The maximum absolute atomic E-state index is 9.77. The van der Waals surface area contributed by atoms with Crippen molar-refractivity contribution in [1.82, 2.24) is 5.32 Å². The van der Waals surface area contributed by atoms with Crippen molar-refractivity contribution < 1.29 is 9.84 Å². The van der Waals surface area contributed by atoms with Gasteiger partial charge in [-0.05, 0) is 25.3 Å². The van der Waals surface area contributed by atoms with E-state index in [2.05, 4.69) is 12.2 Å². The molecule has 1 heterocycles. The quantitative estimate of drug-likeness (QED) is 0.844. The highest BCUT2D eigenvalue weighted by molar-refractivity contribution is 5.35. The molecule has 1 aromatic carbocycles. The predicted molar refractivity (Wildman–Crippen MR) is 68.1 cm³/mol. The van der Waals surface area contributed by atoms with Gasteiger partial charge < -0.3 is 15.2 Å². The molecule has 0 spiro atoms. The average Bonchev–Trinajstić information content (AvgIpc) is 2.32. The standard InChI is InChI=1S/C14H21NO2/c1-10-3-4-14(16)12(7-10)8-15-13-5-6-17-9-11(13)2/h3-4,7,11,13,15-16H,5-6,8-9H2,1-2H3. The SMILES string of the molecule is Cc1ccc(O)c(CNC2CCOCC2C)c1. The van der Waals surface area contributed by atoms with Crippen LogP contribution in [-0.4, -0.2) is 24.4 Å². The van der Waals surface area contributed by atoms with Gasteiger partial charge in [-0.2, -0.15) is 0 Å². The number of hydrogen-bond acceptors (Lipinski definition) is 3. The van der Waals surface area contributed by atoms with Crippen LogP contribution in [0.25, 0.3) is 0 Å². The van der Waals surface area contributed by atoms with Crippen molar-refractivity contribution in [1.29, 1.82) is 0 Å². The van der Waals surface area contributed by atoms with Gasteiger partial charge in [-0.3, -0.25) is 0 Å². The molecule has 0 radical (unpaired) electrons. The summed E-state index contributed by atoms with van der Waals surface area (Å²) in [5.41, 5.74) is 2.16. The Morgan fingerprint density at radius 2 is 2.29 bits per heavy atom. The number of nitrogens with one attached hydrogen (secondary N) is 1. The smallest absolute Gasteiger partial charge is 0.120 e. The second-order valence-electron chi connectivity index (χ2n) is 4.96. The number of aromatic hydroxyl groups is 1. The Balaban J connectivity index is 1.94. The lowest BCUT2D eigenvalue weighted by atomic mass is 9.97. The maximum atomic E-state index is 9.77. The molecule has 0 amide bonds. The molecule has 1 aromatic rings. The Morgan fingerprint density at radius 1 is 1.47 bits per heavy atom. The lowest BCUT2D eigenvalue weighted by Crippen LogP contribution is -2.41. The van der Waals surface area contributed by atoms with Gasteiger partial charge in [0.1, 0.15) is 5.75 Å². The minimum Gasteiger partial charge on any atom is -0.508 e. The molecule has 17 heavy (non-hydrogen) atoms. The Labute approximate surface area is 103 Å². The molecule has 0 aromatic heterocycles. The first-order valence-corrected chi connectivity index (χ1v) is 6.26. The molecule has 2 unspecified atom stereocenters. The topological polar surface area (TPSA) is 41.5 Å². The monoisotopic (exact) mass is 235 g/mol. The van der Waals surface area contributed by atoms with E-state index in [-0.39, 0.29) is 0 Å². The van der Waals surface area contributed by atoms with Gasteiger partial charge in [0.25, 0.3) is 0 Å². The molecule has 3 heteroatoms. The second-order valence-corrected chi connectivity index (χ2v) is 4.96. The van der Waals surface area contributed by atoms with Crippen molar-refractivity contribution in [2.24, 2.45) is 5.92 Å². The third kappa shape index (κ3) is 3.20. The number of rotatable bonds is 3. The Morgan fingerprint density at radius 3 is 3.06 bits per heavy atom. The highest BCUT2D eigenvalue weighted by Crippen LogP contribution is 2.20. The van der Waals surface area contributed by atoms with E-state index in [1.807, 2.05) is 19.1 Å². The van der Waals surface area contributed by atoms with Gasteiger partial charge in [-0.15, -0.1) is 0 Å². The van der Waals surface area contributed by atoms with Crippen molar-refractivity contribution in [3.8, 4) is 5.75 Å². The first-order valence-electron chi connectivity index (χ1n) is 6.26. The van der Waals surface area contributed by atoms with Gasteiger partial charge >= 0.3 is 0 Å². The van der Waals surface area contributed by atoms with Crippen LogP contribution in [0.1, 0.15) is 24.5 Å². The Bertz CT molecular complexity index is 378. The molecule has 2 N–H and O–H groups in total. The van der Waals surface area contributed by atoms with Crippen LogP contribution in [0.4, 0.5) is 0 Å². The fourth-order valence-corrected chi connectivity index (χ4v) is 2.28. The summed E-state index contributed by atoms with van der Waals surface area (Å²) in [6.07, 6.45) is 1.05. The van der Waals surface area contributed by atoms with E-state index in [9.17, 15) is 5.11 Å². The van der Waals surface area contributed by atoms with Gasteiger partial charge in [-0.25, -0.2) is 0 Å². The first kappa shape index (κ1) is 12.4. The molecule has 0 saturated carbocycles. The Hall–Kier alpha value is -1.06. The van der Waals surface area contributed by atoms with Gasteiger partial charge in [0, 0.05) is 24.8 Å². The zero-order chi connectivity index (χ0) is 12.3. The lowest BCUT2D eigenvalue weighted by molar-refractivity contribution is 0.0386. The predicted octanol–water partition coefficient (Wildman–Crippen LogP) is 2.22. The molecule has 1 aliphatic rings. The van der Waals surface area contributed by atoms with Crippen molar-refractivity contribution >= 4 is 0 Å². The van der Waals surface area contributed by atoms with E-state index in [1.54, 1.807) is 6.07 Å². The highest BCUT2D eigenvalue weighted by Gasteiger charge is 2.21. The Kier molecular flexibility index (Phi) is 4.02. The van der Waals surface area contributed by atoms with Crippen molar-refractivity contribution in [3.05, 3.63) is 29.3 Å². The van der Waals surface area contributed by atoms with E-state index in [0.717, 1.165) is 31.7 Å². The fourth-order valence-electron chi connectivity index (χ4n) is 2.28. The normalized spacial score (nSPS) is 24.8. The summed E-state index contributed by atoms with van der Waals surface area (Å²) in [7, 11) is 0. The summed E-state index contributed by atoms with van der Waals surface area (Å²) in [6, 6.07) is 6.21. The van der Waals surface area contributed by atoms with Gasteiger partial charge in [-0.1, -0.05) is 24.6 Å². The molecule has 1 fully saturated rings. The minimum absolute atomic E-state index is 0.378. The molecule has 3 nitrogen and oxygen atoms in total. The van der Waals surface area contributed by atoms with Crippen LogP contribution in [0, 0.1) is 12.8 Å². The molecule has 2 atom stereocenters. The maximum Gasteiger partial charge on any atom is 0.120 e. The van der Waals surface area contributed by atoms with Crippen LogP contribution in [0.15, 0.2) is 18.2 Å². The van der Waals surface area contributed by atoms with Crippen LogP contribution >= 0.6 is 0 Å². The van der Waals surface area contributed by atoms with Gasteiger partial charge in [0.05, 0.1) is 6.61 Å². The average molecular weight is 235 g/mol. The number of phenolic OH excluding ortho intramolecular Hbond substituents is 1. The van der Waals surface area contributed by atoms with Gasteiger partial charge in [0.2, 0.25) is 0 Å². The van der Waals surface area contributed by atoms with E-state index >= 15 is 0 Å². The van der Waals surface area contributed by atoms with E-state index in [0.29, 0.717) is 17.7 Å². The molecule has 0 bridgehead atoms. The first-order chi connectivity index (χ1) is 8.16. The van der Waals surface area contributed by atoms with Crippen molar-refractivity contribution in [2.75, 3.05) is 13.2 Å². The molecule has 94 valence electrons. The summed E-state index contributed by atoms with van der Waals surface area (Å²) in [6.45, 7) is 6.63. The van der Waals surface area contributed by atoms with Crippen LogP contribution in [0.2, 0.25) is 0 Å².